The SMILES string of the molecule is CC.CCC(=O)OC(CC)COP(C)(C)=O.CCC(=O)OCC(C)COP(C)(C)=O.CCC(=O)OC[C@@H](C)COP(C)(C)=O.CCC(=O)O[C@H](CC)COP(C)(C)=O. The molecule has 2 unspecified atom stereocenters. The van der Waals surface area contributed by atoms with Crippen molar-refractivity contribution in [3.8, 4) is 0 Å². The van der Waals surface area contributed by atoms with Crippen LogP contribution >= 0.6 is 29.5 Å². The molecular formula is C38H82O16P4. The lowest BCUT2D eigenvalue weighted by molar-refractivity contribution is -0.151. The van der Waals surface area contributed by atoms with Gasteiger partial charge in [0, 0.05) is 90.8 Å². The maximum absolute atomic E-state index is 11.2. The van der Waals surface area contributed by atoms with E-state index in [4.69, 9.17) is 37.0 Å². The van der Waals surface area contributed by atoms with E-state index >= 15 is 0 Å². The molecule has 0 radical (unpaired) electrons. The summed E-state index contributed by atoms with van der Waals surface area (Å²) in [4.78, 5) is 43.5. The van der Waals surface area contributed by atoms with Crippen LogP contribution in [0.15, 0.2) is 0 Å². The summed E-state index contributed by atoms with van der Waals surface area (Å²) in [6, 6.07) is 0. The first-order chi connectivity index (χ1) is 26.5. The van der Waals surface area contributed by atoms with Crippen molar-refractivity contribution >= 4 is 53.4 Å². The van der Waals surface area contributed by atoms with Crippen LogP contribution in [0.5, 0.6) is 0 Å². The van der Waals surface area contributed by atoms with Crippen LogP contribution in [0.1, 0.15) is 108 Å². The van der Waals surface area contributed by atoms with Gasteiger partial charge in [-0.25, -0.2) is 0 Å². The zero-order valence-electron chi connectivity index (χ0n) is 39.1. The second kappa shape index (κ2) is 37.4. The summed E-state index contributed by atoms with van der Waals surface area (Å²) < 4.78 is 85.2. The summed E-state index contributed by atoms with van der Waals surface area (Å²) in [6.07, 6.45) is 2.25. The van der Waals surface area contributed by atoms with Crippen LogP contribution in [-0.4, -0.2) is 129 Å². The van der Waals surface area contributed by atoms with Gasteiger partial charge in [-0.2, -0.15) is 0 Å². The van der Waals surface area contributed by atoms with E-state index in [1.807, 2.05) is 41.5 Å². The van der Waals surface area contributed by atoms with Crippen molar-refractivity contribution in [2.24, 2.45) is 11.8 Å². The van der Waals surface area contributed by atoms with Crippen LogP contribution in [-0.2, 0) is 74.5 Å². The maximum atomic E-state index is 11.2. The van der Waals surface area contributed by atoms with Gasteiger partial charge in [-0.05, 0) is 12.8 Å². The highest BCUT2D eigenvalue weighted by Gasteiger charge is 2.17. The molecule has 16 nitrogen and oxygen atoms in total. The number of carbonyl (C=O) groups excluding carboxylic acids is 4. The average molecular weight is 919 g/mol. The number of esters is 4. The van der Waals surface area contributed by atoms with E-state index in [-0.39, 0.29) is 61.1 Å². The van der Waals surface area contributed by atoms with Crippen molar-refractivity contribution < 1.29 is 74.5 Å². The van der Waals surface area contributed by atoms with Gasteiger partial charge in [0.1, 0.15) is 12.2 Å². The van der Waals surface area contributed by atoms with Crippen molar-refractivity contribution in [2.75, 3.05) is 93.0 Å². The van der Waals surface area contributed by atoms with Gasteiger partial charge in [-0.15, -0.1) is 0 Å². The molecule has 0 bridgehead atoms. The van der Waals surface area contributed by atoms with E-state index in [9.17, 15) is 37.4 Å². The highest BCUT2D eigenvalue weighted by molar-refractivity contribution is 7.58. The fourth-order valence-electron chi connectivity index (χ4n) is 2.92. The third kappa shape index (κ3) is 56.7. The summed E-state index contributed by atoms with van der Waals surface area (Å²) in [5.74, 6) is -0.761. The smallest absolute Gasteiger partial charge is 0.305 e. The lowest BCUT2D eigenvalue weighted by atomic mass is 10.2. The minimum Gasteiger partial charge on any atom is -0.465 e. The molecule has 20 heteroatoms. The second-order valence-corrected chi connectivity index (χ2v) is 25.3. The Bertz CT molecular complexity index is 1170. The van der Waals surface area contributed by atoms with E-state index in [2.05, 4.69) is 0 Å². The second-order valence-electron chi connectivity index (χ2n) is 14.2. The molecule has 0 aliphatic carbocycles. The predicted molar refractivity (Wildman–Crippen MR) is 235 cm³/mol. The Labute approximate surface area is 351 Å². The lowest BCUT2D eigenvalue weighted by Gasteiger charge is -2.17. The molecule has 0 fully saturated rings. The third-order valence-electron chi connectivity index (χ3n) is 6.20. The molecule has 0 aromatic heterocycles. The summed E-state index contributed by atoms with van der Waals surface area (Å²) in [6.45, 7) is 32.8. The topological polar surface area (TPSA) is 210 Å². The minimum atomic E-state index is -2.48. The largest absolute Gasteiger partial charge is 0.465 e. The quantitative estimate of drug-likeness (QED) is 0.0501. The fourth-order valence-corrected chi connectivity index (χ4v) is 5.20. The van der Waals surface area contributed by atoms with E-state index in [0.29, 0.717) is 65.0 Å². The molecule has 0 aromatic carbocycles. The van der Waals surface area contributed by atoms with Gasteiger partial charge in [0.05, 0.1) is 39.6 Å². The molecule has 0 saturated heterocycles. The van der Waals surface area contributed by atoms with E-state index < -0.39 is 29.5 Å². The van der Waals surface area contributed by atoms with E-state index in [0.717, 1.165) is 0 Å². The normalized spacial score (nSPS) is 13.3. The van der Waals surface area contributed by atoms with Crippen molar-refractivity contribution in [2.45, 2.75) is 120 Å². The monoisotopic (exact) mass is 918 g/mol. The van der Waals surface area contributed by atoms with Gasteiger partial charge in [0.25, 0.3) is 0 Å². The van der Waals surface area contributed by atoms with Crippen molar-refractivity contribution in [1.82, 2.24) is 0 Å². The molecule has 0 amide bonds. The van der Waals surface area contributed by atoms with Gasteiger partial charge in [-0.3, -0.25) is 37.4 Å². The molecule has 0 N–H and O–H groups in total. The van der Waals surface area contributed by atoms with Gasteiger partial charge >= 0.3 is 23.9 Å². The first-order valence-electron chi connectivity index (χ1n) is 20.0. The zero-order valence-corrected chi connectivity index (χ0v) is 42.7. The molecule has 0 rings (SSSR count). The van der Waals surface area contributed by atoms with Crippen molar-refractivity contribution in [1.29, 1.82) is 0 Å². The van der Waals surface area contributed by atoms with E-state index in [1.165, 1.54) is 0 Å². The zero-order chi connectivity index (χ0) is 46.8. The Kier molecular flexibility index (Phi) is 42.4. The van der Waals surface area contributed by atoms with Crippen LogP contribution in [0.3, 0.4) is 0 Å². The molecule has 0 spiro atoms. The summed E-state index contributed by atoms with van der Waals surface area (Å²) >= 11 is 0. The summed E-state index contributed by atoms with van der Waals surface area (Å²) in [7, 11) is -9.78. The number of hydrogen-bond acceptors (Lipinski definition) is 16. The molecule has 0 aliphatic heterocycles. The Balaban J connectivity index is -0.000000212. The minimum absolute atomic E-state index is 0.0822. The summed E-state index contributed by atoms with van der Waals surface area (Å²) in [5, 5.41) is 0. The molecule has 350 valence electrons. The molecule has 58 heavy (non-hydrogen) atoms. The van der Waals surface area contributed by atoms with Gasteiger partial charge in [-0.1, -0.05) is 69.2 Å². The first kappa shape index (κ1) is 65.8. The highest BCUT2D eigenvalue weighted by Crippen LogP contribution is 2.39. The average Bonchev–Trinajstić information content (AvgIpc) is 3.14. The number of hydrogen-bond donors (Lipinski definition) is 0. The van der Waals surface area contributed by atoms with E-state index in [1.54, 1.807) is 81.0 Å². The molecule has 0 aliphatic rings. The number of carbonyl (C=O) groups is 4. The molecule has 0 saturated carbocycles. The molecule has 0 aromatic rings. The fraction of sp³-hybridized carbons (Fsp3) is 0.895. The molecule has 4 atom stereocenters. The van der Waals surface area contributed by atoms with Crippen LogP contribution in [0.2, 0.25) is 0 Å². The van der Waals surface area contributed by atoms with Gasteiger partial charge in [0.2, 0.25) is 0 Å². The van der Waals surface area contributed by atoms with Crippen LogP contribution in [0.25, 0.3) is 0 Å². The summed E-state index contributed by atoms with van der Waals surface area (Å²) in [5.41, 5.74) is 0. The standard InChI is InChI=1S/4C9H19O4P.C2H6/c2*1-5-9(10)12-6-8(2)7-13-14(3,4)11;2*1-5-8(13-9(10)6-2)7-12-14(3,4)11;1-2/h4*8H,5-7H2,1-4H3;1-2H3/t8-;;8-;;/m1.1../s1. The highest BCUT2D eigenvalue weighted by atomic mass is 31.2. The van der Waals surface area contributed by atoms with Crippen LogP contribution in [0.4, 0.5) is 0 Å². The maximum Gasteiger partial charge on any atom is 0.305 e. The third-order valence-corrected chi connectivity index (χ3v) is 9.29. The number of ether oxygens (including phenoxy) is 4. The van der Waals surface area contributed by atoms with Crippen molar-refractivity contribution in [3.05, 3.63) is 0 Å². The molecule has 0 heterocycles. The number of rotatable bonds is 24. The molecular weight excluding hydrogens is 836 g/mol. The lowest BCUT2D eigenvalue weighted by Crippen LogP contribution is -2.21. The Hall–Kier alpha value is -1.36. The van der Waals surface area contributed by atoms with Crippen LogP contribution < -0.4 is 0 Å². The van der Waals surface area contributed by atoms with Gasteiger partial charge < -0.3 is 37.0 Å². The van der Waals surface area contributed by atoms with Crippen LogP contribution in [0, 0.1) is 11.8 Å². The van der Waals surface area contributed by atoms with Crippen molar-refractivity contribution in [3.63, 3.8) is 0 Å². The first-order valence-corrected chi connectivity index (χ1v) is 30.0. The Morgan fingerprint density at radius 3 is 0.810 bits per heavy atom. The van der Waals surface area contributed by atoms with Gasteiger partial charge in [0.15, 0.2) is 29.5 Å². The predicted octanol–water partition coefficient (Wildman–Crippen LogP) is 9.83. The Morgan fingerprint density at radius 2 is 0.621 bits per heavy atom. The Morgan fingerprint density at radius 1 is 0.397 bits per heavy atom.